The Balaban J connectivity index is 2.51. The Labute approximate surface area is 123 Å². The largest absolute Gasteiger partial charge is 0.426 e. The first-order valence-corrected chi connectivity index (χ1v) is 6.71. The maximum atomic E-state index is 12.4. The highest BCUT2D eigenvalue weighted by Crippen LogP contribution is 2.44. The van der Waals surface area contributed by atoms with Crippen LogP contribution in [0.5, 0.6) is 0 Å². The molecule has 0 saturated carbocycles. The number of hydrogen-bond acceptors (Lipinski definition) is 3. The molecule has 0 bridgehead atoms. The molecule has 0 aromatic rings. The summed E-state index contributed by atoms with van der Waals surface area (Å²) in [5.41, 5.74) is -4.82. The van der Waals surface area contributed by atoms with Gasteiger partial charge >= 0.3 is 12.4 Å². The summed E-state index contributed by atoms with van der Waals surface area (Å²) in [6.45, 7) is -0.120. The van der Waals surface area contributed by atoms with Gasteiger partial charge in [0, 0.05) is 25.4 Å². The fraction of sp³-hybridized carbons (Fsp3) is 0.917. The Morgan fingerprint density at radius 2 is 1.77 bits per heavy atom. The van der Waals surface area contributed by atoms with E-state index >= 15 is 0 Å². The van der Waals surface area contributed by atoms with E-state index in [-0.39, 0.29) is 12.5 Å². The van der Waals surface area contributed by atoms with E-state index in [0.29, 0.717) is 0 Å². The minimum Gasteiger partial charge on any atom is -0.374 e. The van der Waals surface area contributed by atoms with Crippen LogP contribution in [0.15, 0.2) is 0 Å². The van der Waals surface area contributed by atoms with E-state index in [0.717, 1.165) is 19.4 Å². The average Bonchev–Trinajstić information content (AvgIpc) is 2.72. The Morgan fingerprint density at radius 3 is 2.18 bits per heavy atom. The molecular formula is C12H18F6N2O2. The van der Waals surface area contributed by atoms with Gasteiger partial charge in [0.25, 0.3) is 5.60 Å². The van der Waals surface area contributed by atoms with E-state index < -0.39 is 36.8 Å². The summed E-state index contributed by atoms with van der Waals surface area (Å²) in [6, 6.07) is -0.0656. The third-order valence-electron chi connectivity index (χ3n) is 3.84. The first kappa shape index (κ1) is 19.0. The summed E-state index contributed by atoms with van der Waals surface area (Å²) in [5, 5.41) is 10.9. The highest BCUT2D eigenvalue weighted by molar-refractivity contribution is 5.76. The van der Waals surface area contributed by atoms with Crippen LogP contribution in [-0.2, 0) is 4.79 Å². The van der Waals surface area contributed by atoms with Crippen molar-refractivity contribution in [1.29, 1.82) is 0 Å². The number of nitrogens with zero attached hydrogens (tertiary/aromatic N) is 1. The lowest BCUT2D eigenvalue weighted by Crippen LogP contribution is -2.58. The molecule has 0 spiro atoms. The predicted octanol–water partition coefficient (Wildman–Crippen LogP) is 1.83. The van der Waals surface area contributed by atoms with Gasteiger partial charge < -0.3 is 15.3 Å². The lowest BCUT2D eigenvalue weighted by atomic mass is 9.98. The normalized spacial score (nSPS) is 21.2. The molecule has 0 aromatic heterocycles. The van der Waals surface area contributed by atoms with Crippen molar-refractivity contribution in [3.8, 4) is 0 Å². The summed E-state index contributed by atoms with van der Waals surface area (Å²) < 4.78 is 74.5. The number of halogens is 6. The fourth-order valence-corrected chi connectivity index (χ4v) is 2.35. The van der Waals surface area contributed by atoms with Gasteiger partial charge in [0.1, 0.15) is 0 Å². The second-order valence-corrected chi connectivity index (χ2v) is 5.44. The van der Waals surface area contributed by atoms with E-state index in [2.05, 4.69) is 0 Å². The lowest BCUT2D eigenvalue weighted by Gasteiger charge is -2.32. The standard InChI is InChI=1S/C12H18F6N2O2/c1-20-6-2-3-8(20)7-9(21)19-5-4-10(22,11(13,14)15)12(16,17)18/h8,22H,2-7H2,1H3,(H,19,21)/t8-/m0/s1. The molecule has 0 aliphatic carbocycles. The van der Waals surface area contributed by atoms with Crippen molar-refractivity contribution in [1.82, 2.24) is 10.2 Å². The number of nitrogens with one attached hydrogen (secondary N) is 1. The molecule has 1 aliphatic heterocycles. The van der Waals surface area contributed by atoms with E-state index in [1.807, 2.05) is 10.2 Å². The van der Waals surface area contributed by atoms with Crippen LogP contribution in [0.1, 0.15) is 25.7 Å². The second-order valence-electron chi connectivity index (χ2n) is 5.44. The molecule has 1 fully saturated rings. The maximum Gasteiger partial charge on any atom is 0.426 e. The second kappa shape index (κ2) is 6.61. The van der Waals surface area contributed by atoms with Gasteiger partial charge in [-0.2, -0.15) is 26.3 Å². The molecule has 0 radical (unpaired) electrons. The van der Waals surface area contributed by atoms with Gasteiger partial charge in [0.2, 0.25) is 5.91 Å². The summed E-state index contributed by atoms with van der Waals surface area (Å²) >= 11 is 0. The minimum atomic E-state index is -5.86. The topological polar surface area (TPSA) is 52.6 Å². The summed E-state index contributed by atoms with van der Waals surface area (Å²) in [4.78, 5) is 13.5. The first-order valence-electron chi connectivity index (χ1n) is 6.71. The SMILES string of the molecule is CN1CCC[C@H]1CC(=O)NCCC(O)(C(F)(F)F)C(F)(F)F. The number of aliphatic hydroxyl groups is 1. The highest BCUT2D eigenvalue weighted by atomic mass is 19.4. The van der Waals surface area contributed by atoms with E-state index in [9.17, 15) is 31.1 Å². The van der Waals surface area contributed by atoms with Gasteiger partial charge in [-0.25, -0.2) is 0 Å². The van der Waals surface area contributed by atoms with Crippen LogP contribution in [-0.4, -0.2) is 60.0 Å². The van der Waals surface area contributed by atoms with Crippen LogP contribution >= 0.6 is 0 Å². The minimum absolute atomic E-state index is 0.00691. The number of rotatable bonds is 5. The van der Waals surface area contributed by atoms with Crippen LogP contribution in [0, 0.1) is 0 Å². The summed E-state index contributed by atoms with van der Waals surface area (Å²) in [6.07, 6.45) is -11.8. The van der Waals surface area contributed by atoms with E-state index in [4.69, 9.17) is 5.11 Å². The van der Waals surface area contributed by atoms with Crippen molar-refractivity contribution >= 4 is 5.91 Å². The molecule has 4 nitrogen and oxygen atoms in total. The lowest BCUT2D eigenvalue weighted by molar-refractivity contribution is -0.369. The zero-order valence-electron chi connectivity index (χ0n) is 11.9. The molecule has 0 aromatic carbocycles. The summed E-state index contributed by atoms with van der Waals surface area (Å²) in [5.74, 6) is -0.634. The number of likely N-dealkylation sites (tertiary alicyclic amines) is 1. The quantitative estimate of drug-likeness (QED) is 0.753. The molecule has 22 heavy (non-hydrogen) atoms. The zero-order chi connectivity index (χ0) is 17.2. The zero-order valence-corrected chi connectivity index (χ0v) is 11.9. The highest BCUT2D eigenvalue weighted by Gasteiger charge is 2.69. The molecule has 1 amide bonds. The Hall–Kier alpha value is -1.03. The van der Waals surface area contributed by atoms with Crippen LogP contribution in [0.25, 0.3) is 0 Å². The van der Waals surface area contributed by atoms with Crippen molar-refractivity contribution in [3.05, 3.63) is 0 Å². The van der Waals surface area contributed by atoms with Gasteiger partial charge in [-0.15, -0.1) is 0 Å². The predicted molar refractivity (Wildman–Crippen MR) is 65.0 cm³/mol. The van der Waals surface area contributed by atoms with Gasteiger partial charge in [-0.05, 0) is 26.4 Å². The third kappa shape index (κ3) is 4.25. The van der Waals surface area contributed by atoms with Crippen LogP contribution in [0.4, 0.5) is 26.3 Å². The molecule has 1 aliphatic rings. The van der Waals surface area contributed by atoms with Gasteiger partial charge in [0.05, 0.1) is 0 Å². The third-order valence-corrected chi connectivity index (χ3v) is 3.84. The van der Waals surface area contributed by atoms with E-state index in [1.54, 1.807) is 7.05 Å². The molecule has 1 heterocycles. The van der Waals surface area contributed by atoms with Crippen molar-refractivity contribution in [2.45, 2.75) is 49.7 Å². The molecule has 1 atom stereocenters. The molecular weight excluding hydrogens is 318 g/mol. The van der Waals surface area contributed by atoms with Crippen molar-refractivity contribution in [2.75, 3.05) is 20.1 Å². The smallest absolute Gasteiger partial charge is 0.374 e. The molecule has 2 N–H and O–H groups in total. The fourth-order valence-electron chi connectivity index (χ4n) is 2.35. The molecule has 1 saturated heterocycles. The van der Waals surface area contributed by atoms with Gasteiger partial charge in [0.15, 0.2) is 0 Å². The van der Waals surface area contributed by atoms with Crippen molar-refractivity contribution in [3.63, 3.8) is 0 Å². The summed E-state index contributed by atoms with van der Waals surface area (Å²) in [7, 11) is 1.79. The van der Waals surface area contributed by atoms with Gasteiger partial charge in [-0.3, -0.25) is 4.79 Å². The molecule has 10 heteroatoms. The first-order chi connectivity index (χ1) is 9.88. The average molecular weight is 336 g/mol. The number of carbonyl (C=O) groups excluding carboxylic acids is 1. The van der Waals surface area contributed by atoms with Crippen molar-refractivity contribution in [2.24, 2.45) is 0 Å². The van der Waals surface area contributed by atoms with Crippen LogP contribution in [0.3, 0.4) is 0 Å². The Bertz CT molecular complexity index is 382. The molecule has 0 unspecified atom stereocenters. The van der Waals surface area contributed by atoms with Crippen LogP contribution in [0.2, 0.25) is 0 Å². The monoisotopic (exact) mass is 336 g/mol. The Morgan fingerprint density at radius 1 is 1.23 bits per heavy atom. The Kier molecular flexibility index (Phi) is 5.71. The molecule has 1 rings (SSSR count). The maximum absolute atomic E-state index is 12.4. The van der Waals surface area contributed by atoms with Gasteiger partial charge in [-0.1, -0.05) is 0 Å². The molecule has 130 valence electrons. The number of carbonyl (C=O) groups is 1. The van der Waals surface area contributed by atoms with E-state index in [1.165, 1.54) is 0 Å². The van der Waals surface area contributed by atoms with Crippen molar-refractivity contribution < 1.29 is 36.2 Å². The van der Waals surface area contributed by atoms with Crippen LogP contribution < -0.4 is 5.32 Å². The number of alkyl halides is 6. The number of hydrogen-bond donors (Lipinski definition) is 2. The number of amides is 1.